The molecule has 2 heteroatoms. The molecule has 0 radical (unpaired) electrons. The molecule has 0 rings (SSSR count). The molecule has 8 heavy (non-hydrogen) atoms. The third kappa shape index (κ3) is 38.0. The first-order valence-electron chi connectivity index (χ1n) is 2.02. The normalized spacial score (nSPS) is 6.25. The Bertz CT molecular complexity index is 50.5. The van der Waals surface area contributed by atoms with Crippen LogP contribution in [0.25, 0.3) is 0 Å². The summed E-state index contributed by atoms with van der Waals surface area (Å²) in [6.07, 6.45) is 3.46. The van der Waals surface area contributed by atoms with Crippen molar-refractivity contribution in [1.29, 1.82) is 0 Å². The van der Waals surface area contributed by atoms with Gasteiger partial charge in [-0.1, -0.05) is 0 Å². The maximum absolute atomic E-state index is 9.28. The van der Waals surface area contributed by atoms with Crippen molar-refractivity contribution in [2.45, 2.75) is 6.92 Å². The van der Waals surface area contributed by atoms with Crippen LogP contribution >= 0.6 is 0 Å². The number of rotatable bonds is 1. The third-order valence-corrected chi connectivity index (χ3v) is 0.215. The van der Waals surface area contributed by atoms with Gasteiger partial charge in [0.15, 0.2) is 0 Å². The summed E-state index contributed by atoms with van der Waals surface area (Å²) < 4.78 is 0. The summed E-state index contributed by atoms with van der Waals surface area (Å²) in [5.41, 5.74) is 0. The SMILES string of the molecule is [CH2-]/C=C/C=O.[CH2-]C.[W+2]. The maximum atomic E-state index is 9.28. The molecule has 0 fully saturated rings. The van der Waals surface area contributed by atoms with Crippen molar-refractivity contribution in [3.8, 4) is 0 Å². The minimum Gasteiger partial charge on any atom is -0.346 e. The molecule has 46 valence electrons. The fourth-order valence-electron chi connectivity index (χ4n) is 0.0556. The fourth-order valence-corrected chi connectivity index (χ4v) is 0.0556. The van der Waals surface area contributed by atoms with Gasteiger partial charge in [0.05, 0.1) is 6.29 Å². The second-order valence-electron chi connectivity index (χ2n) is 0.564. The van der Waals surface area contributed by atoms with E-state index in [-0.39, 0.29) is 21.1 Å². The van der Waals surface area contributed by atoms with Crippen LogP contribution < -0.4 is 0 Å². The van der Waals surface area contributed by atoms with E-state index in [2.05, 4.69) is 13.8 Å². The van der Waals surface area contributed by atoms with Crippen LogP contribution in [0.5, 0.6) is 0 Å². The van der Waals surface area contributed by atoms with Crippen LogP contribution in [0.2, 0.25) is 0 Å². The summed E-state index contributed by atoms with van der Waals surface area (Å²) in [5, 5.41) is 0. The van der Waals surface area contributed by atoms with Crippen LogP contribution in [0.4, 0.5) is 0 Å². The van der Waals surface area contributed by atoms with Gasteiger partial charge in [0, 0.05) is 0 Å². The second kappa shape index (κ2) is 28.2. The molecule has 0 spiro atoms. The molecule has 0 aliphatic heterocycles. The van der Waals surface area contributed by atoms with Crippen LogP contribution in [0.1, 0.15) is 6.92 Å². The molecule has 0 bridgehead atoms. The minimum atomic E-state index is 0. The Hall–Kier alpha value is -0.0317. The molecule has 0 atom stereocenters. The van der Waals surface area contributed by atoms with Gasteiger partial charge in [-0.3, -0.25) is 0 Å². The van der Waals surface area contributed by atoms with Crippen LogP contribution in [0.3, 0.4) is 0 Å². The summed E-state index contributed by atoms with van der Waals surface area (Å²) >= 11 is 0. The molecular formula is C6H10OW. The van der Waals surface area contributed by atoms with Gasteiger partial charge in [-0.05, 0) is 0 Å². The van der Waals surface area contributed by atoms with Gasteiger partial charge >= 0.3 is 21.1 Å². The molecule has 1 nitrogen and oxygen atoms in total. The average Bonchev–Trinajstić information content (AvgIpc) is 1.75. The zero-order chi connectivity index (χ0) is 6.12. The monoisotopic (exact) mass is 282 g/mol. The molecule has 0 aliphatic carbocycles. The molecular weight excluding hydrogens is 272 g/mol. The number of carbonyl (C=O) groups excluding carboxylic acids is 1. The van der Waals surface area contributed by atoms with Crippen molar-refractivity contribution < 1.29 is 25.9 Å². The van der Waals surface area contributed by atoms with E-state index >= 15 is 0 Å². The van der Waals surface area contributed by atoms with Gasteiger partial charge in [-0.15, -0.1) is 0 Å². The first kappa shape index (κ1) is 15.7. The topological polar surface area (TPSA) is 17.1 Å². The van der Waals surface area contributed by atoms with Gasteiger partial charge in [-0.2, -0.15) is 13.0 Å². The smallest absolute Gasteiger partial charge is 0.346 e. The number of carbonyl (C=O) groups is 1. The molecule has 0 heterocycles. The average molecular weight is 282 g/mol. The Morgan fingerprint density at radius 2 is 1.75 bits per heavy atom. The van der Waals surface area contributed by atoms with E-state index in [1.807, 2.05) is 0 Å². The Kier molecular flexibility index (Phi) is 55.2. The van der Waals surface area contributed by atoms with Gasteiger partial charge in [-0.25, -0.2) is 13.0 Å². The van der Waals surface area contributed by atoms with E-state index in [1.165, 1.54) is 12.2 Å². The first-order valence-corrected chi connectivity index (χ1v) is 2.02. The maximum Gasteiger partial charge on any atom is 2.00 e. The number of allylic oxidation sites excluding steroid dienone is 2. The van der Waals surface area contributed by atoms with Crippen molar-refractivity contribution in [3.05, 3.63) is 26.0 Å². The first-order chi connectivity index (χ1) is 3.41. The Morgan fingerprint density at radius 1 is 1.38 bits per heavy atom. The van der Waals surface area contributed by atoms with E-state index in [0.29, 0.717) is 6.29 Å². The number of hydrogen-bond donors (Lipinski definition) is 0. The zero-order valence-corrected chi connectivity index (χ0v) is 7.90. The molecule has 0 aromatic heterocycles. The zero-order valence-electron chi connectivity index (χ0n) is 4.96. The van der Waals surface area contributed by atoms with E-state index in [9.17, 15) is 4.79 Å². The summed E-state index contributed by atoms with van der Waals surface area (Å²) in [6, 6.07) is 0. The number of aldehydes is 1. The second-order valence-corrected chi connectivity index (χ2v) is 0.564. The van der Waals surface area contributed by atoms with Gasteiger partial charge in [0.25, 0.3) is 0 Å². The standard InChI is InChI=1S/C4H5O.C2H5.W/c1-2-3-4-5;1-2;/h2-4H,1H2;1H2,2H3;/q2*-1;+2/b3-2+;;. The summed E-state index contributed by atoms with van der Waals surface area (Å²) in [5.74, 6) is 0. The summed E-state index contributed by atoms with van der Waals surface area (Å²) in [7, 11) is 0. The Labute approximate surface area is 65.4 Å². The molecule has 0 aliphatic rings. The summed E-state index contributed by atoms with van der Waals surface area (Å²) in [4.78, 5) is 9.28. The van der Waals surface area contributed by atoms with E-state index in [1.54, 1.807) is 6.92 Å². The van der Waals surface area contributed by atoms with E-state index in [4.69, 9.17) is 0 Å². The molecule has 0 unspecified atom stereocenters. The molecule has 0 saturated carbocycles. The predicted molar refractivity (Wildman–Crippen MR) is 31.6 cm³/mol. The van der Waals surface area contributed by atoms with Crippen LogP contribution in [-0.2, 0) is 25.9 Å². The van der Waals surface area contributed by atoms with Gasteiger partial charge < -0.3 is 11.7 Å². The molecule has 0 amide bonds. The molecule has 0 N–H and O–H groups in total. The Balaban J connectivity index is -0.0000000750. The third-order valence-electron chi connectivity index (χ3n) is 0.215. The largest absolute Gasteiger partial charge is 2.00 e. The molecule has 0 saturated heterocycles. The van der Waals surface area contributed by atoms with Crippen molar-refractivity contribution in [1.82, 2.24) is 0 Å². The summed E-state index contributed by atoms with van der Waals surface area (Å²) in [6.45, 7) is 8.26. The van der Waals surface area contributed by atoms with Crippen LogP contribution in [0.15, 0.2) is 12.2 Å². The van der Waals surface area contributed by atoms with Crippen LogP contribution in [0, 0.1) is 13.8 Å². The van der Waals surface area contributed by atoms with Crippen molar-refractivity contribution in [2.75, 3.05) is 0 Å². The number of hydrogen-bond acceptors (Lipinski definition) is 1. The predicted octanol–water partition coefficient (Wildman–Crippen LogP) is 1.41. The van der Waals surface area contributed by atoms with Gasteiger partial charge in [0.2, 0.25) is 0 Å². The quantitative estimate of drug-likeness (QED) is 0.404. The van der Waals surface area contributed by atoms with E-state index < -0.39 is 0 Å². The van der Waals surface area contributed by atoms with Crippen molar-refractivity contribution >= 4 is 6.29 Å². The molecule has 0 aromatic carbocycles. The van der Waals surface area contributed by atoms with Crippen LogP contribution in [-0.4, -0.2) is 6.29 Å². The fraction of sp³-hybridized carbons (Fsp3) is 0.167. The van der Waals surface area contributed by atoms with Gasteiger partial charge in [0.1, 0.15) is 0 Å². The van der Waals surface area contributed by atoms with Crippen molar-refractivity contribution in [2.24, 2.45) is 0 Å². The van der Waals surface area contributed by atoms with E-state index in [0.717, 1.165) is 0 Å². The molecule has 0 aromatic rings. The Morgan fingerprint density at radius 3 is 1.75 bits per heavy atom. The minimum absolute atomic E-state index is 0. The van der Waals surface area contributed by atoms with Crippen molar-refractivity contribution in [3.63, 3.8) is 0 Å².